The number of aliphatic carboxylic acids is 1. The topological polar surface area (TPSA) is 49.3 Å². The molecule has 1 atom stereocenters. The standard InChI is InChI=1S/C11H23NO2/c1-5-7-11(6-2,10(13)14)12-8-9(3)4/h9,12H,5-8H2,1-4H3,(H,13,14). The minimum absolute atomic E-state index is 0.483. The van der Waals surface area contributed by atoms with Gasteiger partial charge in [0, 0.05) is 0 Å². The SMILES string of the molecule is CCCC(CC)(NCC(C)C)C(=O)O. The van der Waals surface area contributed by atoms with Gasteiger partial charge in [-0.1, -0.05) is 34.1 Å². The molecule has 0 heterocycles. The van der Waals surface area contributed by atoms with Gasteiger partial charge in [0.1, 0.15) is 5.54 Å². The van der Waals surface area contributed by atoms with Gasteiger partial charge in [-0.2, -0.15) is 0 Å². The first-order valence-electron chi connectivity index (χ1n) is 5.47. The molecule has 0 fully saturated rings. The smallest absolute Gasteiger partial charge is 0.323 e. The van der Waals surface area contributed by atoms with Crippen LogP contribution in [0.5, 0.6) is 0 Å². The van der Waals surface area contributed by atoms with Crippen molar-refractivity contribution < 1.29 is 9.90 Å². The third kappa shape index (κ3) is 3.66. The summed E-state index contributed by atoms with van der Waals surface area (Å²) in [5, 5.41) is 12.4. The first-order chi connectivity index (χ1) is 6.48. The van der Waals surface area contributed by atoms with Gasteiger partial charge in [0.2, 0.25) is 0 Å². The highest BCUT2D eigenvalue weighted by Crippen LogP contribution is 2.18. The molecule has 14 heavy (non-hydrogen) atoms. The fraction of sp³-hybridized carbons (Fsp3) is 0.909. The minimum atomic E-state index is -0.720. The summed E-state index contributed by atoms with van der Waals surface area (Å²) in [6.07, 6.45) is 2.24. The minimum Gasteiger partial charge on any atom is -0.480 e. The molecular weight excluding hydrogens is 178 g/mol. The van der Waals surface area contributed by atoms with Crippen LogP contribution in [0.1, 0.15) is 47.0 Å². The summed E-state index contributed by atoms with van der Waals surface area (Å²) in [6.45, 7) is 8.88. The van der Waals surface area contributed by atoms with E-state index in [-0.39, 0.29) is 0 Å². The van der Waals surface area contributed by atoms with E-state index in [0.29, 0.717) is 18.8 Å². The normalized spacial score (nSPS) is 15.5. The molecule has 0 aromatic heterocycles. The first-order valence-corrected chi connectivity index (χ1v) is 5.47. The zero-order valence-electron chi connectivity index (χ0n) is 9.76. The Labute approximate surface area is 86.9 Å². The maximum absolute atomic E-state index is 11.2. The zero-order chi connectivity index (χ0) is 11.2. The summed E-state index contributed by atoms with van der Waals surface area (Å²) >= 11 is 0. The van der Waals surface area contributed by atoms with E-state index >= 15 is 0 Å². The fourth-order valence-electron chi connectivity index (χ4n) is 1.55. The van der Waals surface area contributed by atoms with E-state index in [1.54, 1.807) is 0 Å². The lowest BCUT2D eigenvalue weighted by Gasteiger charge is -2.30. The Morgan fingerprint density at radius 3 is 2.29 bits per heavy atom. The number of rotatable bonds is 7. The quantitative estimate of drug-likeness (QED) is 0.664. The molecule has 3 nitrogen and oxygen atoms in total. The molecule has 0 bridgehead atoms. The predicted octanol–water partition coefficient (Wildman–Crippen LogP) is 2.27. The average molecular weight is 201 g/mol. The Kier molecular flexibility index (Phi) is 5.77. The highest BCUT2D eigenvalue weighted by Gasteiger charge is 2.34. The Balaban J connectivity index is 4.41. The monoisotopic (exact) mass is 201 g/mol. The van der Waals surface area contributed by atoms with Gasteiger partial charge in [0.15, 0.2) is 0 Å². The van der Waals surface area contributed by atoms with E-state index in [9.17, 15) is 9.90 Å². The summed E-state index contributed by atoms with van der Waals surface area (Å²) in [5.41, 5.74) is -0.709. The number of hydrogen-bond donors (Lipinski definition) is 2. The van der Waals surface area contributed by atoms with Crippen LogP contribution in [0, 0.1) is 5.92 Å². The number of nitrogens with one attached hydrogen (secondary N) is 1. The molecule has 0 aromatic carbocycles. The molecule has 0 rings (SSSR count). The predicted molar refractivity (Wildman–Crippen MR) is 58.4 cm³/mol. The van der Waals surface area contributed by atoms with Crippen LogP contribution in [0.4, 0.5) is 0 Å². The van der Waals surface area contributed by atoms with Crippen LogP contribution in [0.25, 0.3) is 0 Å². The second-order valence-corrected chi connectivity index (χ2v) is 4.27. The molecule has 2 N–H and O–H groups in total. The third-order valence-corrected chi connectivity index (χ3v) is 2.54. The molecule has 0 aliphatic heterocycles. The van der Waals surface area contributed by atoms with Crippen molar-refractivity contribution in [1.29, 1.82) is 0 Å². The Morgan fingerprint density at radius 1 is 1.43 bits per heavy atom. The average Bonchev–Trinajstić information content (AvgIpc) is 2.11. The van der Waals surface area contributed by atoms with Gasteiger partial charge in [-0.15, -0.1) is 0 Å². The Morgan fingerprint density at radius 2 is 2.00 bits per heavy atom. The van der Waals surface area contributed by atoms with Gasteiger partial charge >= 0.3 is 5.97 Å². The molecule has 0 aliphatic carbocycles. The molecule has 1 unspecified atom stereocenters. The molecule has 0 amide bonds. The molecule has 0 aromatic rings. The lowest BCUT2D eigenvalue weighted by atomic mass is 9.90. The molecule has 0 aliphatic rings. The summed E-state index contributed by atoms with van der Waals surface area (Å²) in [7, 11) is 0. The Hall–Kier alpha value is -0.570. The number of carbonyl (C=O) groups is 1. The summed E-state index contributed by atoms with van der Waals surface area (Å²) < 4.78 is 0. The van der Waals surface area contributed by atoms with E-state index < -0.39 is 11.5 Å². The summed E-state index contributed by atoms with van der Waals surface area (Å²) in [5.74, 6) is -0.236. The van der Waals surface area contributed by atoms with Gasteiger partial charge < -0.3 is 10.4 Å². The molecule has 0 saturated carbocycles. The number of carboxylic acids is 1. The summed E-state index contributed by atoms with van der Waals surface area (Å²) in [6, 6.07) is 0. The third-order valence-electron chi connectivity index (χ3n) is 2.54. The number of hydrogen-bond acceptors (Lipinski definition) is 2. The molecule has 0 radical (unpaired) electrons. The molecule has 0 spiro atoms. The van der Waals surface area contributed by atoms with Crippen LogP contribution in [0.15, 0.2) is 0 Å². The van der Waals surface area contributed by atoms with Gasteiger partial charge in [-0.25, -0.2) is 0 Å². The van der Waals surface area contributed by atoms with Gasteiger partial charge in [0.25, 0.3) is 0 Å². The summed E-state index contributed by atoms with van der Waals surface area (Å²) in [4.78, 5) is 11.2. The maximum atomic E-state index is 11.2. The van der Waals surface area contributed by atoms with Crippen molar-refractivity contribution in [2.24, 2.45) is 5.92 Å². The lowest BCUT2D eigenvalue weighted by molar-refractivity contribution is -0.145. The first kappa shape index (κ1) is 13.4. The van der Waals surface area contributed by atoms with Crippen LogP contribution in [0.2, 0.25) is 0 Å². The lowest BCUT2D eigenvalue weighted by Crippen LogP contribution is -2.52. The van der Waals surface area contributed by atoms with Gasteiger partial charge in [0.05, 0.1) is 0 Å². The van der Waals surface area contributed by atoms with Crippen LogP contribution in [-0.4, -0.2) is 23.2 Å². The van der Waals surface area contributed by atoms with Crippen LogP contribution in [0.3, 0.4) is 0 Å². The van der Waals surface area contributed by atoms with Crippen molar-refractivity contribution in [3.63, 3.8) is 0 Å². The molecular formula is C11H23NO2. The fourth-order valence-corrected chi connectivity index (χ4v) is 1.55. The zero-order valence-corrected chi connectivity index (χ0v) is 9.76. The van der Waals surface area contributed by atoms with Gasteiger partial charge in [-0.3, -0.25) is 4.79 Å². The second kappa shape index (κ2) is 6.02. The van der Waals surface area contributed by atoms with Crippen molar-refractivity contribution in [3.8, 4) is 0 Å². The molecule has 0 saturated heterocycles. The number of carboxylic acid groups (broad SMARTS) is 1. The van der Waals surface area contributed by atoms with Crippen LogP contribution in [-0.2, 0) is 4.79 Å². The van der Waals surface area contributed by atoms with Crippen molar-refractivity contribution in [2.45, 2.75) is 52.5 Å². The van der Waals surface area contributed by atoms with Gasteiger partial charge in [-0.05, 0) is 25.3 Å². The van der Waals surface area contributed by atoms with E-state index in [1.165, 1.54) is 0 Å². The van der Waals surface area contributed by atoms with Crippen molar-refractivity contribution in [1.82, 2.24) is 5.32 Å². The highest BCUT2D eigenvalue weighted by molar-refractivity contribution is 5.78. The van der Waals surface area contributed by atoms with E-state index in [0.717, 1.165) is 13.0 Å². The molecule has 84 valence electrons. The Bertz CT molecular complexity index is 180. The van der Waals surface area contributed by atoms with Crippen LogP contribution < -0.4 is 5.32 Å². The second-order valence-electron chi connectivity index (χ2n) is 4.27. The molecule has 3 heteroatoms. The van der Waals surface area contributed by atoms with E-state index in [4.69, 9.17) is 0 Å². The van der Waals surface area contributed by atoms with Crippen molar-refractivity contribution in [3.05, 3.63) is 0 Å². The van der Waals surface area contributed by atoms with E-state index in [2.05, 4.69) is 19.2 Å². The van der Waals surface area contributed by atoms with Crippen molar-refractivity contribution in [2.75, 3.05) is 6.54 Å². The van der Waals surface area contributed by atoms with E-state index in [1.807, 2.05) is 13.8 Å². The highest BCUT2D eigenvalue weighted by atomic mass is 16.4. The maximum Gasteiger partial charge on any atom is 0.323 e. The van der Waals surface area contributed by atoms with Crippen molar-refractivity contribution >= 4 is 5.97 Å². The largest absolute Gasteiger partial charge is 0.480 e. The van der Waals surface area contributed by atoms with Crippen LogP contribution >= 0.6 is 0 Å².